The summed E-state index contributed by atoms with van der Waals surface area (Å²) in [6.07, 6.45) is 4.75. The predicted octanol–water partition coefficient (Wildman–Crippen LogP) is 2.82. The Balaban J connectivity index is 1.71. The van der Waals surface area contributed by atoms with Crippen LogP contribution in [0.15, 0.2) is 30.3 Å². The molecule has 2 amide bonds. The summed E-state index contributed by atoms with van der Waals surface area (Å²) in [5.74, 6) is -0.0848. The number of benzene rings is 1. The molecule has 6 heteroatoms. The number of aryl methyl sites for hydroxylation is 2. The molecule has 1 fully saturated rings. The van der Waals surface area contributed by atoms with Crippen molar-refractivity contribution in [1.82, 2.24) is 9.78 Å². The molecule has 0 saturated carbocycles. The Hall–Kier alpha value is -2.89. The van der Waals surface area contributed by atoms with E-state index in [4.69, 9.17) is 0 Å². The van der Waals surface area contributed by atoms with Crippen molar-refractivity contribution in [1.29, 1.82) is 0 Å². The lowest BCUT2D eigenvalue weighted by atomic mass is 10.2. The van der Waals surface area contributed by atoms with Crippen LogP contribution >= 0.6 is 0 Å². The molecule has 1 aromatic carbocycles. The van der Waals surface area contributed by atoms with Crippen LogP contribution in [0.2, 0.25) is 0 Å². The second-order valence-electron chi connectivity index (χ2n) is 6.23. The Morgan fingerprint density at radius 2 is 2.12 bits per heavy atom. The highest BCUT2D eigenvalue weighted by Gasteiger charge is 2.21. The Morgan fingerprint density at radius 1 is 1.32 bits per heavy atom. The Morgan fingerprint density at radius 3 is 2.76 bits per heavy atom. The van der Waals surface area contributed by atoms with Crippen LogP contribution in [-0.2, 0) is 16.6 Å². The van der Waals surface area contributed by atoms with Gasteiger partial charge in [-0.05, 0) is 44.5 Å². The van der Waals surface area contributed by atoms with Gasteiger partial charge < -0.3 is 10.2 Å². The molecule has 0 radical (unpaired) electrons. The van der Waals surface area contributed by atoms with E-state index in [9.17, 15) is 9.59 Å². The van der Waals surface area contributed by atoms with E-state index < -0.39 is 0 Å². The van der Waals surface area contributed by atoms with Crippen LogP contribution in [0.4, 0.5) is 11.4 Å². The minimum atomic E-state index is -0.215. The van der Waals surface area contributed by atoms with E-state index in [1.54, 1.807) is 15.7 Å². The molecule has 6 nitrogen and oxygen atoms in total. The molecule has 3 rings (SSSR count). The summed E-state index contributed by atoms with van der Waals surface area (Å²) in [4.78, 5) is 25.8. The molecule has 0 spiro atoms. The summed E-state index contributed by atoms with van der Waals surface area (Å²) < 4.78 is 1.80. The fourth-order valence-electron chi connectivity index (χ4n) is 3.05. The lowest BCUT2D eigenvalue weighted by Gasteiger charge is -2.16. The summed E-state index contributed by atoms with van der Waals surface area (Å²) in [5.41, 5.74) is 4.35. The zero-order valence-corrected chi connectivity index (χ0v) is 14.7. The maximum absolute atomic E-state index is 12.2. The van der Waals surface area contributed by atoms with Gasteiger partial charge in [-0.2, -0.15) is 5.10 Å². The molecule has 1 aliphatic rings. The lowest BCUT2D eigenvalue weighted by Crippen LogP contribution is -2.23. The second kappa shape index (κ2) is 6.93. The fourth-order valence-corrected chi connectivity index (χ4v) is 3.05. The highest BCUT2D eigenvalue weighted by molar-refractivity contribution is 6.03. The molecule has 0 unspecified atom stereocenters. The van der Waals surface area contributed by atoms with E-state index in [1.165, 1.54) is 6.08 Å². The molecule has 0 atom stereocenters. The zero-order valence-electron chi connectivity index (χ0n) is 14.7. The average molecular weight is 338 g/mol. The number of aromatic nitrogens is 2. The van der Waals surface area contributed by atoms with Crippen LogP contribution in [0, 0.1) is 13.8 Å². The topological polar surface area (TPSA) is 67.2 Å². The zero-order chi connectivity index (χ0) is 18.0. The average Bonchev–Trinajstić information content (AvgIpc) is 3.10. The number of nitrogens with one attached hydrogen (secondary N) is 1. The molecule has 130 valence electrons. The van der Waals surface area contributed by atoms with Gasteiger partial charge in [-0.15, -0.1) is 0 Å². The van der Waals surface area contributed by atoms with Crippen molar-refractivity contribution in [3.05, 3.63) is 47.3 Å². The first-order chi connectivity index (χ1) is 12.0. The first kappa shape index (κ1) is 17.0. The SMILES string of the molecule is Cc1nn(C)c(C)c1/C=C/C(=O)Nc1cccc(N2CCCC2=O)c1. The summed E-state index contributed by atoms with van der Waals surface area (Å²) in [6, 6.07) is 7.37. The number of rotatable bonds is 4. The number of nitrogens with zero attached hydrogens (tertiary/aromatic N) is 3. The molecule has 1 aliphatic heterocycles. The maximum atomic E-state index is 12.2. The van der Waals surface area contributed by atoms with Gasteiger partial charge in [-0.3, -0.25) is 14.3 Å². The Bertz CT molecular complexity index is 851. The summed E-state index contributed by atoms with van der Waals surface area (Å²) in [6.45, 7) is 4.62. The van der Waals surface area contributed by atoms with Gasteiger partial charge in [0.15, 0.2) is 0 Å². The van der Waals surface area contributed by atoms with Gasteiger partial charge in [0.1, 0.15) is 0 Å². The third kappa shape index (κ3) is 3.63. The number of carbonyl (C=O) groups is 2. The third-order valence-corrected chi connectivity index (χ3v) is 4.47. The number of amides is 2. The first-order valence-corrected chi connectivity index (χ1v) is 8.35. The second-order valence-corrected chi connectivity index (χ2v) is 6.23. The minimum absolute atomic E-state index is 0.130. The summed E-state index contributed by atoms with van der Waals surface area (Å²) >= 11 is 0. The van der Waals surface area contributed by atoms with E-state index in [0.29, 0.717) is 12.1 Å². The number of hydrogen-bond donors (Lipinski definition) is 1. The van der Waals surface area contributed by atoms with Gasteiger partial charge in [0.2, 0.25) is 11.8 Å². The smallest absolute Gasteiger partial charge is 0.248 e. The van der Waals surface area contributed by atoms with E-state index in [2.05, 4.69) is 10.4 Å². The highest BCUT2D eigenvalue weighted by atomic mass is 16.2. The van der Waals surface area contributed by atoms with Crippen LogP contribution in [0.1, 0.15) is 29.8 Å². The van der Waals surface area contributed by atoms with Crippen LogP contribution in [0.25, 0.3) is 6.08 Å². The molecular formula is C19H22N4O2. The van der Waals surface area contributed by atoms with Crippen LogP contribution in [-0.4, -0.2) is 28.1 Å². The van der Waals surface area contributed by atoms with Crippen molar-refractivity contribution in [2.24, 2.45) is 7.05 Å². The van der Waals surface area contributed by atoms with Gasteiger partial charge in [0.05, 0.1) is 5.69 Å². The predicted molar refractivity (Wildman–Crippen MR) is 98.4 cm³/mol. The normalized spacial score (nSPS) is 14.5. The Kier molecular flexibility index (Phi) is 4.70. The first-order valence-electron chi connectivity index (χ1n) is 8.35. The lowest BCUT2D eigenvalue weighted by molar-refractivity contribution is -0.117. The molecule has 0 bridgehead atoms. The van der Waals surface area contributed by atoms with E-state index in [-0.39, 0.29) is 11.8 Å². The molecule has 1 N–H and O–H groups in total. The number of anilines is 2. The van der Waals surface area contributed by atoms with E-state index in [1.807, 2.05) is 45.2 Å². The van der Waals surface area contributed by atoms with Gasteiger partial charge in [-0.1, -0.05) is 6.07 Å². The van der Waals surface area contributed by atoms with E-state index in [0.717, 1.165) is 35.6 Å². The van der Waals surface area contributed by atoms with Crippen LogP contribution in [0.3, 0.4) is 0 Å². The molecule has 2 aromatic rings. The van der Waals surface area contributed by atoms with Crippen LogP contribution in [0.5, 0.6) is 0 Å². The molecule has 1 aromatic heterocycles. The van der Waals surface area contributed by atoms with Crippen LogP contribution < -0.4 is 10.2 Å². The molecule has 25 heavy (non-hydrogen) atoms. The van der Waals surface area contributed by atoms with Gasteiger partial charge in [0, 0.05) is 48.7 Å². The van der Waals surface area contributed by atoms with Gasteiger partial charge >= 0.3 is 0 Å². The number of carbonyl (C=O) groups excluding carboxylic acids is 2. The van der Waals surface area contributed by atoms with Crippen molar-refractivity contribution in [3.8, 4) is 0 Å². The minimum Gasteiger partial charge on any atom is -0.322 e. The molecule has 0 aliphatic carbocycles. The van der Waals surface area contributed by atoms with Crippen molar-refractivity contribution in [2.75, 3.05) is 16.8 Å². The van der Waals surface area contributed by atoms with E-state index >= 15 is 0 Å². The maximum Gasteiger partial charge on any atom is 0.248 e. The standard InChI is InChI=1S/C19H22N4O2/c1-13-17(14(2)22(3)21-13)9-10-18(24)20-15-6-4-7-16(12-15)23-11-5-8-19(23)25/h4,6-7,9-10,12H,5,8,11H2,1-3H3,(H,20,24)/b10-9+. The largest absolute Gasteiger partial charge is 0.322 e. The van der Waals surface area contributed by atoms with Crippen molar-refractivity contribution >= 4 is 29.3 Å². The third-order valence-electron chi connectivity index (χ3n) is 4.47. The summed E-state index contributed by atoms with van der Waals surface area (Å²) in [5, 5.41) is 7.18. The summed E-state index contributed by atoms with van der Waals surface area (Å²) in [7, 11) is 1.88. The van der Waals surface area contributed by atoms with Crippen molar-refractivity contribution < 1.29 is 9.59 Å². The number of hydrogen-bond acceptors (Lipinski definition) is 3. The molecule has 1 saturated heterocycles. The monoisotopic (exact) mass is 338 g/mol. The Labute approximate surface area is 147 Å². The fraction of sp³-hybridized carbons (Fsp3) is 0.316. The van der Waals surface area contributed by atoms with Crippen molar-refractivity contribution in [3.63, 3.8) is 0 Å². The molecular weight excluding hydrogens is 316 g/mol. The molecule has 2 heterocycles. The van der Waals surface area contributed by atoms with Gasteiger partial charge in [-0.25, -0.2) is 0 Å². The quantitative estimate of drug-likeness (QED) is 0.872. The highest BCUT2D eigenvalue weighted by Crippen LogP contribution is 2.24. The van der Waals surface area contributed by atoms with Crippen molar-refractivity contribution in [2.45, 2.75) is 26.7 Å². The van der Waals surface area contributed by atoms with Gasteiger partial charge in [0.25, 0.3) is 0 Å².